The fourth-order valence-electron chi connectivity index (χ4n) is 3.07. The maximum Gasteiger partial charge on any atom is 0.187 e. The Balaban J connectivity index is 2.03. The molecule has 1 aromatic rings. The Bertz CT molecular complexity index is 477. The Morgan fingerprint density at radius 2 is 1.00 bits per heavy atom. The van der Waals surface area contributed by atoms with Crippen LogP contribution in [0.5, 0.6) is 0 Å². The molecule has 0 radical (unpaired) electrons. The number of hydrogen-bond acceptors (Lipinski definition) is 3. The van der Waals surface area contributed by atoms with Gasteiger partial charge in [0.2, 0.25) is 0 Å². The molecule has 22 heavy (non-hydrogen) atoms. The summed E-state index contributed by atoms with van der Waals surface area (Å²) in [6.45, 7) is 1.77. The number of rotatable bonds is 2. The molecule has 0 unspecified atom stereocenters. The van der Waals surface area contributed by atoms with Crippen LogP contribution in [0, 0.1) is 23.3 Å². The molecule has 122 valence electrons. The molecule has 1 aromatic carbocycles. The van der Waals surface area contributed by atoms with E-state index in [1.807, 2.05) is 0 Å². The normalized spacial score (nSPS) is 19.6. The van der Waals surface area contributed by atoms with Crippen LogP contribution in [0.15, 0.2) is 0 Å². The largest absolute Gasteiger partial charge is 0.378 e. The molecule has 3 nitrogen and oxygen atoms in total. The second-order valence-corrected chi connectivity index (χ2v) is 5.60. The molecule has 7 heteroatoms. The Morgan fingerprint density at radius 3 is 1.45 bits per heavy atom. The molecule has 2 fully saturated rings. The van der Waals surface area contributed by atoms with Crippen molar-refractivity contribution in [3.8, 4) is 0 Å². The van der Waals surface area contributed by atoms with Crippen LogP contribution >= 0.6 is 0 Å². The number of nitrogens with zero attached hydrogens (tertiary/aromatic N) is 2. The third kappa shape index (κ3) is 2.62. The van der Waals surface area contributed by atoms with Crippen molar-refractivity contribution >= 4 is 11.4 Å². The first-order valence-corrected chi connectivity index (χ1v) is 7.55. The SMILES string of the molecule is Fc1c(F)c(N2CCOCC2)c(F)c(F)c1N1CCCCC1. The Kier molecular flexibility index (Phi) is 4.42. The molecule has 0 N–H and O–H groups in total. The van der Waals surface area contributed by atoms with Gasteiger partial charge >= 0.3 is 0 Å². The average Bonchev–Trinajstić information content (AvgIpc) is 2.55. The van der Waals surface area contributed by atoms with Crippen LogP contribution in [0.3, 0.4) is 0 Å². The first-order chi connectivity index (χ1) is 10.6. The van der Waals surface area contributed by atoms with E-state index in [2.05, 4.69) is 0 Å². The van der Waals surface area contributed by atoms with Crippen LogP contribution < -0.4 is 9.80 Å². The Morgan fingerprint density at radius 1 is 0.591 bits per heavy atom. The highest BCUT2D eigenvalue weighted by molar-refractivity contribution is 5.61. The number of halogens is 4. The Labute approximate surface area is 126 Å². The van der Waals surface area contributed by atoms with E-state index in [0.717, 1.165) is 19.3 Å². The minimum absolute atomic E-state index is 0.204. The zero-order chi connectivity index (χ0) is 15.7. The molecular formula is C15H18F4N2O. The molecule has 2 aliphatic rings. The van der Waals surface area contributed by atoms with E-state index in [9.17, 15) is 17.6 Å². The lowest BCUT2D eigenvalue weighted by Gasteiger charge is -2.32. The smallest absolute Gasteiger partial charge is 0.187 e. The summed E-state index contributed by atoms with van der Waals surface area (Å²) in [5.41, 5.74) is -1.20. The lowest BCUT2D eigenvalue weighted by atomic mass is 10.1. The quantitative estimate of drug-likeness (QED) is 0.616. The zero-order valence-corrected chi connectivity index (χ0v) is 12.2. The van der Waals surface area contributed by atoms with Crippen molar-refractivity contribution in [2.45, 2.75) is 19.3 Å². The fourth-order valence-corrected chi connectivity index (χ4v) is 3.07. The van der Waals surface area contributed by atoms with Crippen molar-refractivity contribution < 1.29 is 22.3 Å². The Hall–Kier alpha value is -1.50. The lowest BCUT2D eigenvalue weighted by Crippen LogP contribution is -2.38. The van der Waals surface area contributed by atoms with E-state index in [1.54, 1.807) is 0 Å². The molecule has 0 bridgehead atoms. The van der Waals surface area contributed by atoms with Gasteiger partial charge in [-0.15, -0.1) is 0 Å². The van der Waals surface area contributed by atoms with E-state index >= 15 is 0 Å². The first-order valence-electron chi connectivity index (χ1n) is 7.55. The van der Waals surface area contributed by atoms with Gasteiger partial charge in [0.05, 0.1) is 13.2 Å². The standard InChI is InChI=1S/C15H18F4N2O/c16-10-12(18)15(21-6-8-22-9-7-21)13(19)11(17)14(10)20-4-2-1-3-5-20/h1-9H2. The lowest BCUT2D eigenvalue weighted by molar-refractivity contribution is 0.122. The molecule has 0 amide bonds. The van der Waals surface area contributed by atoms with Crippen molar-refractivity contribution in [3.05, 3.63) is 23.3 Å². The van der Waals surface area contributed by atoms with Gasteiger partial charge in [0.1, 0.15) is 11.4 Å². The predicted octanol–water partition coefficient (Wildman–Crippen LogP) is 3.07. The van der Waals surface area contributed by atoms with E-state index in [1.165, 1.54) is 9.80 Å². The molecular weight excluding hydrogens is 300 g/mol. The maximum atomic E-state index is 14.4. The average molecular weight is 318 g/mol. The summed E-state index contributed by atoms with van der Waals surface area (Å²) in [6.07, 6.45) is 2.47. The van der Waals surface area contributed by atoms with Crippen molar-refractivity contribution in [2.75, 3.05) is 49.2 Å². The van der Waals surface area contributed by atoms with Gasteiger partial charge in [-0.1, -0.05) is 0 Å². The van der Waals surface area contributed by atoms with Crippen LogP contribution in [0.4, 0.5) is 28.9 Å². The number of piperidine rings is 1. The van der Waals surface area contributed by atoms with Crippen molar-refractivity contribution in [1.29, 1.82) is 0 Å². The first kappa shape index (κ1) is 15.4. The highest BCUT2D eigenvalue weighted by atomic mass is 19.2. The molecule has 0 spiro atoms. The topological polar surface area (TPSA) is 15.7 Å². The van der Waals surface area contributed by atoms with Crippen molar-refractivity contribution in [3.63, 3.8) is 0 Å². The third-order valence-corrected chi connectivity index (χ3v) is 4.22. The summed E-state index contributed by atoms with van der Waals surface area (Å²) in [5, 5.41) is 0. The van der Waals surface area contributed by atoms with E-state index in [4.69, 9.17) is 4.74 Å². The molecule has 0 atom stereocenters. The van der Waals surface area contributed by atoms with Crippen LogP contribution in [-0.2, 0) is 4.74 Å². The summed E-state index contributed by atoms with van der Waals surface area (Å²) in [5.74, 6) is -5.24. The van der Waals surface area contributed by atoms with Crippen molar-refractivity contribution in [2.24, 2.45) is 0 Å². The number of ether oxygens (including phenoxy) is 1. The molecule has 3 rings (SSSR count). The molecule has 0 aromatic heterocycles. The van der Waals surface area contributed by atoms with Crippen LogP contribution in [0.25, 0.3) is 0 Å². The summed E-state index contributed by atoms with van der Waals surface area (Å²) < 4.78 is 62.5. The molecule has 2 saturated heterocycles. The second kappa shape index (κ2) is 6.32. The highest BCUT2D eigenvalue weighted by Gasteiger charge is 2.32. The van der Waals surface area contributed by atoms with E-state index in [-0.39, 0.29) is 26.3 Å². The number of benzene rings is 1. The van der Waals surface area contributed by atoms with Gasteiger partial charge in [-0.25, -0.2) is 17.6 Å². The molecule has 0 saturated carbocycles. The van der Waals surface area contributed by atoms with Crippen LogP contribution in [0.2, 0.25) is 0 Å². The minimum Gasteiger partial charge on any atom is -0.378 e. The highest BCUT2D eigenvalue weighted by Crippen LogP contribution is 2.36. The summed E-state index contributed by atoms with van der Waals surface area (Å²) in [6, 6.07) is 0. The van der Waals surface area contributed by atoms with Gasteiger partial charge in [-0.2, -0.15) is 0 Å². The number of anilines is 2. The van der Waals surface area contributed by atoms with Gasteiger partial charge < -0.3 is 14.5 Å². The minimum atomic E-state index is -1.32. The predicted molar refractivity (Wildman–Crippen MR) is 75.4 cm³/mol. The van der Waals surface area contributed by atoms with Crippen molar-refractivity contribution in [1.82, 2.24) is 0 Å². The maximum absolute atomic E-state index is 14.4. The second-order valence-electron chi connectivity index (χ2n) is 5.60. The molecule has 0 aliphatic carbocycles. The van der Waals surface area contributed by atoms with E-state index in [0.29, 0.717) is 13.1 Å². The monoisotopic (exact) mass is 318 g/mol. The number of morpholine rings is 1. The molecule has 2 heterocycles. The van der Waals surface area contributed by atoms with Gasteiger partial charge in [0, 0.05) is 26.2 Å². The third-order valence-electron chi connectivity index (χ3n) is 4.22. The van der Waals surface area contributed by atoms with E-state index < -0.39 is 34.6 Å². The van der Waals surface area contributed by atoms with Crippen LogP contribution in [-0.4, -0.2) is 39.4 Å². The summed E-state index contributed by atoms with van der Waals surface area (Å²) in [4.78, 5) is 2.68. The van der Waals surface area contributed by atoms with Gasteiger partial charge in [-0.3, -0.25) is 0 Å². The van der Waals surface area contributed by atoms with Gasteiger partial charge in [0.15, 0.2) is 23.3 Å². The fraction of sp³-hybridized carbons (Fsp3) is 0.600. The zero-order valence-electron chi connectivity index (χ0n) is 12.2. The van der Waals surface area contributed by atoms with Gasteiger partial charge in [0.25, 0.3) is 0 Å². The molecule has 2 aliphatic heterocycles. The van der Waals surface area contributed by atoms with Crippen LogP contribution in [0.1, 0.15) is 19.3 Å². The summed E-state index contributed by atoms with van der Waals surface area (Å²) >= 11 is 0. The summed E-state index contributed by atoms with van der Waals surface area (Å²) in [7, 11) is 0. The number of hydrogen-bond donors (Lipinski definition) is 0. The van der Waals surface area contributed by atoms with Gasteiger partial charge in [-0.05, 0) is 19.3 Å².